The van der Waals surface area contributed by atoms with Crippen molar-refractivity contribution in [2.24, 2.45) is 5.73 Å². The second-order valence-electron chi connectivity index (χ2n) is 7.70. The molecular formula is C25H30ClN3O3. The molecule has 1 aliphatic rings. The second kappa shape index (κ2) is 11.7. The highest BCUT2D eigenvalue weighted by molar-refractivity contribution is 6.34. The molecule has 0 atom stereocenters. The number of carbonyl (C=O) groups excluding carboxylic acids is 2. The number of hydrogen-bond acceptors (Lipinski definition) is 4. The van der Waals surface area contributed by atoms with Crippen LogP contribution >= 0.6 is 11.6 Å². The molecule has 0 radical (unpaired) electrons. The van der Waals surface area contributed by atoms with Crippen molar-refractivity contribution in [2.45, 2.75) is 26.2 Å². The maximum atomic E-state index is 12.6. The number of primary amides is 1. The molecule has 32 heavy (non-hydrogen) atoms. The van der Waals surface area contributed by atoms with Crippen LogP contribution in [0, 0.1) is 0 Å². The Kier molecular flexibility index (Phi) is 8.71. The van der Waals surface area contributed by atoms with E-state index in [1.165, 1.54) is 16.0 Å². The van der Waals surface area contributed by atoms with Gasteiger partial charge in [0, 0.05) is 19.6 Å². The van der Waals surface area contributed by atoms with Crippen molar-refractivity contribution in [1.29, 1.82) is 0 Å². The molecule has 6 nitrogen and oxygen atoms in total. The Labute approximate surface area is 194 Å². The van der Waals surface area contributed by atoms with E-state index in [0.717, 1.165) is 38.9 Å². The topological polar surface area (TPSA) is 75.9 Å². The lowest BCUT2D eigenvalue weighted by molar-refractivity contribution is 0.100. The zero-order valence-electron chi connectivity index (χ0n) is 18.4. The van der Waals surface area contributed by atoms with E-state index in [1.54, 1.807) is 25.1 Å². The summed E-state index contributed by atoms with van der Waals surface area (Å²) in [6, 6.07) is 15.3. The Morgan fingerprint density at radius 3 is 2.56 bits per heavy atom. The molecule has 0 bridgehead atoms. The highest BCUT2D eigenvalue weighted by Gasteiger charge is 2.24. The lowest BCUT2D eigenvalue weighted by atomic mass is 9.99. The molecule has 1 aliphatic heterocycles. The quantitative estimate of drug-likeness (QED) is 0.541. The summed E-state index contributed by atoms with van der Waals surface area (Å²) >= 11 is 6.34. The average molecular weight is 456 g/mol. The van der Waals surface area contributed by atoms with Gasteiger partial charge in [0.25, 0.3) is 5.91 Å². The van der Waals surface area contributed by atoms with Gasteiger partial charge in [0.2, 0.25) is 0 Å². The summed E-state index contributed by atoms with van der Waals surface area (Å²) < 4.78 is 5.21. The van der Waals surface area contributed by atoms with Gasteiger partial charge in [0.15, 0.2) is 0 Å². The van der Waals surface area contributed by atoms with Gasteiger partial charge in [-0.3, -0.25) is 14.6 Å². The minimum Gasteiger partial charge on any atom is -0.449 e. The largest absolute Gasteiger partial charge is 0.449 e. The number of anilines is 1. The molecule has 7 heteroatoms. The molecule has 0 saturated heterocycles. The number of nitrogens with zero attached hydrogens (tertiary/aromatic N) is 2. The van der Waals surface area contributed by atoms with E-state index in [2.05, 4.69) is 35.2 Å². The van der Waals surface area contributed by atoms with Gasteiger partial charge in [0.05, 0.1) is 22.9 Å². The fourth-order valence-corrected chi connectivity index (χ4v) is 4.19. The first kappa shape index (κ1) is 23.8. The van der Waals surface area contributed by atoms with Gasteiger partial charge in [-0.05, 0) is 56.0 Å². The number of hydrogen-bond donors (Lipinski definition) is 1. The number of benzene rings is 2. The number of ether oxygens (including phenoxy) is 1. The molecule has 0 aromatic heterocycles. The van der Waals surface area contributed by atoms with Crippen LogP contribution in [0.5, 0.6) is 0 Å². The smallest absolute Gasteiger partial charge is 0.414 e. The van der Waals surface area contributed by atoms with Crippen LogP contribution in [0.15, 0.2) is 54.6 Å². The maximum Gasteiger partial charge on any atom is 0.414 e. The zero-order valence-corrected chi connectivity index (χ0v) is 19.2. The predicted octanol–water partition coefficient (Wildman–Crippen LogP) is 4.97. The lowest BCUT2D eigenvalue weighted by Gasteiger charge is -2.27. The molecule has 2 amide bonds. The van der Waals surface area contributed by atoms with E-state index in [0.29, 0.717) is 17.3 Å². The van der Waals surface area contributed by atoms with Crippen molar-refractivity contribution < 1.29 is 14.3 Å². The van der Waals surface area contributed by atoms with Crippen LogP contribution in [0.2, 0.25) is 5.02 Å². The number of rotatable bonds is 9. The molecule has 0 spiro atoms. The summed E-state index contributed by atoms with van der Waals surface area (Å²) in [5.41, 5.74) is 8.72. The monoisotopic (exact) mass is 455 g/mol. The van der Waals surface area contributed by atoms with E-state index in [4.69, 9.17) is 22.1 Å². The SMILES string of the molecule is CCOC(=O)N(CCCCN1CC=C(c2ccccc2)CC1)c1c(Cl)cccc1C(N)=O. The molecule has 0 unspecified atom stereocenters. The van der Waals surface area contributed by atoms with Gasteiger partial charge in [-0.1, -0.05) is 54.1 Å². The standard InChI is InChI=1S/C25H30ClN3O3/c1-2-32-25(31)29(23-21(24(27)30)11-8-12-22(23)26)16-7-6-15-28-17-13-20(14-18-28)19-9-4-3-5-10-19/h3-5,8-13H,2,6-7,14-18H2,1H3,(H2,27,30). The van der Waals surface area contributed by atoms with Crippen molar-refractivity contribution in [3.05, 3.63) is 70.8 Å². The number of amides is 2. The molecule has 0 saturated carbocycles. The van der Waals surface area contributed by atoms with Gasteiger partial charge in [-0.25, -0.2) is 4.79 Å². The fraction of sp³-hybridized carbons (Fsp3) is 0.360. The Bertz CT molecular complexity index is 962. The summed E-state index contributed by atoms with van der Waals surface area (Å²) in [5, 5.41) is 0.295. The molecular weight excluding hydrogens is 426 g/mol. The predicted molar refractivity (Wildman–Crippen MR) is 129 cm³/mol. The van der Waals surface area contributed by atoms with E-state index in [1.807, 2.05) is 6.07 Å². The summed E-state index contributed by atoms with van der Waals surface area (Å²) in [7, 11) is 0. The number of unbranched alkanes of at least 4 members (excludes halogenated alkanes) is 1. The van der Waals surface area contributed by atoms with Gasteiger partial charge in [0.1, 0.15) is 0 Å². The van der Waals surface area contributed by atoms with Gasteiger partial charge >= 0.3 is 6.09 Å². The van der Waals surface area contributed by atoms with Crippen LogP contribution in [0.1, 0.15) is 42.1 Å². The van der Waals surface area contributed by atoms with E-state index in [-0.39, 0.29) is 12.2 Å². The first-order chi connectivity index (χ1) is 15.5. The third kappa shape index (κ3) is 6.11. The third-order valence-corrected chi connectivity index (χ3v) is 5.86. The van der Waals surface area contributed by atoms with E-state index < -0.39 is 12.0 Å². The zero-order chi connectivity index (χ0) is 22.9. The summed E-state index contributed by atoms with van der Waals surface area (Å²) in [6.45, 7) is 5.23. The van der Waals surface area contributed by atoms with Gasteiger partial charge in [-0.15, -0.1) is 0 Å². The molecule has 3 rings (SSSR count). The van der Waals surface area contributed by atoms with E-state index in [9.17, 15) is 9.59 Å². The first-order valence-electron chi connectivity index (χ1n) is 11.0. The Hall–Kier alpha value is -2.83. The molecule has 1 heterocycles. The second-order valence-corrected chi connectivity index (χ2v) is 8.11. The first-order valence-corrected chi connectivity index (χ1v) is 11.4. The molecule has 2 aromatic carbocycles. The molecule has 0 aliphatic carbocycles. The molecule has 2 N–H and O–H groups in total. The van der Waals surface area contributed by atoms with Crippen molar-refractivity contribution in [3.63, 3.8) is 0 Å². The number of carbonyl (C=O) groups is 2. The minimum atomic E-state index is -0.633. The van der Waals surface area contributed by atoms with Gasteiger partial charge < -0.3 is 10.5 Å². The summed E-state index contributed by atoms with van der Waals surface area (Å²) in [4.78, 5) is 28.3. The molecule has 170 valence electrons. The van der Waals surface area contributed by atoms with Crippen LogP contribution in [0.4, 0.5) is 10.5 Å². The highest BCUT2D eigenvalue weighted by Crippen LogP contribution is 2.31. The van der Waals surface area contributed by atoms with Gasteiger partial charge in [-0.2, -0.15) is 0 Å². The van der Waals surface area contributed by atoms with Crippen molar-refractivity contribution >= 4 is 34.9 Å². The average Bonchev–Trinajstić information content (AvgIpc) is 2.80. The minimum absolute atomic E-state index is 0.208. The third-order valence-electron chi connectivity index (χ3n) is 5.55. The van der Waals surface area contributed by atoms with Crippen molar-refractivity contribution in [2.75, 3.05) is 37.7 Å². The molecule has 0 fully saturated rings. The van der Waals surface area contributed by atoms with Crippen LogP contribution in [-0.4, -0.2) is 49.7 Å². The maximum absolute atomic E-state index is 12.6. The fourth-order valence-electron chi connectivity index (χ4n) is 3.92. The van der Waals surface area contributed by atoms with E-state index >= 15 is 0 Å². The van der Waals surface area contributed by atoms with Crippen LogP contribution < -0.4 is 10.6 Å². The molecule has 2 aromatic rings. The number of nitrogens with two attached hydrogens (primary N) is 1. The summed E-state index contributed by atoms with van der Waals surface area (Å²) in [5.74, 6) is -0.633. The Morgan fingerprint density at radius 1 is 1.12 bits per heavy atom. The van der Waals surface area contributed by atoms with Crippen LogP contribution in [0.25, 0.3) is 5.57 Å². The number of halogens is 1. The Balaban J connectivity index is 1.58. The Morgan fingerprint density at radius 2 is 1.91 bits per heavy atom. The number of para-hydroxylation sites is 1. The normalized spacial score (nSPS) is 14.0. The highest BCUT2D eigenvalue weighted by atomic mass is 35.5. The van der Waals surface area contributed by atoms with Crippen LogP contribution in [0.3, 0.4) is 0 Å². The summed E-state index contributed by atoms with van der Waals surface area (Å²) in [6.07, 6.45) is 4.44. The van der Waals surface area contributed by atoms with Crippen LogP contribution in [-0.2, 0) is 4.74 Å². The van der Waals surface area contributed by atoms with Crippen molar-refractivity contribution in [1.82, 2.24) is 4.90 Å². The lowest BCUT2D eigenvalue weighted by Crippen LogP contribution is -2.35. The van der Waals surface area contributed by atoms with Crippen molar-refractivity contribution in [3.8, 4) is 0 Å².